The summed E-state index contributed by atoms with van der Waals surface area (Å²) in [6.07, 6.45) is 3.12. The van der Waals surface area contributed by atoms with E-state index in [1.54, 1.807) is 24.4 Å². The van der Waals surface area contributed by atoms with Crippen LogP contribution in [0.1, 0.15) is 5.56 Å². The van der Waals surface area contributed by atoms with Gasteiger partial charge in [-0.15, -0.1) is 10.2 Å². The summed E-state index contributed by atoms with van der Waals surface area (Å²) in [7, 11) is 0. The number of amides is 1. The number of nitrogens with zero attached hydrogens (tertiary/aromatic N) is 4. The molecule has 0 fully saturated rings. The summed E-state index contributed by atoms with van der Waals surface area (Å²) in [6, 6.07) is 12.9. The van der Waals surface area contributed by atoms with E-state index in [1.165, 1.54) is 33.4 Å². The molecule has 4 aromatic rings. The van der Waals surface area contributed by atoms with Crippen LogP contribution in [0.5, 0.6) is 0 Å². The summed E-state index contributed by atoms with van der Waals surface area (Å²) in [6.45, 7) is 0.384. The minimum atomic E-state index is -0.443. The Bertz CT molecular complexity index is 1270. The lowest BCUT2D eigenvalue weighted by atomic mass is 10.2. The first-order valence-corrected chi connectivity index (χ1v) is 10.2. The predicted octanol–water partition coefficient (Wildman–Crippen LogP) is 3.08. The van der Waals surface area contributed by atoms with Crippen LogP contribution < -0.4 is 10.9 Å². The number of halogens is 2. The molecule has 1 amide bonds. The highest BCUT2D eigenvalue weighted by atomic mass is 35.5. The van der Waals surface area contributed by atoms with Gasteiger partial charge in [-0.05, 0) is 35.9 Å². The minimum absolute atomic E-state index is 0.0887. The van der Waals surface area contributed by atoms with Crippen molar-refractivity contribution in [3.63, 3.8) is 0 Å². The zero-order valence-electron chi connectivity index (χ0n) is 15.5. The van der Waals surface area contributed by atoms with E-state index in [1.807, 2.05) is 12.1 Å². The summed E-state index contributed by atoms with van der Waals surface area (Å²) < 4.78 is 16.3. The molecule has 7 nitrogen and oxygen atoms in total. The second-order valence-electron chi connectivity index (χ2n) is 6.32. The Morgan fingerprint density at radius 2 is 1.93 bits per heavy atom. The van der Waals surface area contributed by atoms with Gasteiger partial charge >= 0.3 is 5.56 Å². The Balaban J connectivity index is 1.45. The normalized spacial score (nSPS) is 11.0. The molecule has 4 rings (SSSR count). The van der Waals surface area contributed by atoms with Crippen LogP contribution in [0.2, 0.25) is 5.02 Å². The lowest BCUT2D eigenvalue weighted by Crippen LogP contribution is -2.24. The van der Waals surface area contributed by atoms with Crippen LogP contribution in [0.4, 0.5) is 4.39 Å². The van der Waals surface area contributed by atoms with E-state index in [9.17, 15) is 14.0 Å². The second kappa shape index (κ2) is 8.68. The molecule has 2 aromatic carbocycles. The van der Waals surface area contributed by atoms with Crippen molar-refractivity contribution in [2.45, 2.75) is 11.7 Å². The van der Waals surface area contributed by atoms with Gasteiger partial charge in [-0.2, -0.15) is 0 Å². The van der Waals surface area contributed by atoms with Crippen molar-refractivity contribution in [3.05, 3.63) is 87.7 Å². The molecule has 0 saturated heterocycles. The average Bonchev–Trinajstić information content (AvgIpc) is 3.16. The number of nitrogens with one attached hydrogen (secondary N) is 1. The van der Waals surface area contributed by atoms with Gasteiger partial charge in [-0.3, -0.25) is 18.6 Å². The van der Waals surface area contributed by atoms with Crippen LogP contribution in [0, 0.1) is 5.82 Å². The topological polar surface area (TPSA) is 81.3 Å². The molecule has 2 heterocycles. The third-order valence-corrected chi connectivity index (χ3v) is 5.46. The van der Waals surface area contributed by atoms with Crippen molar-refractivity contribution in [2.75, 3.05) is 5.75 Å². The van der Waals surface area contributed by atoms with Crippen LogP contribution in [0.15, 0.2) is 70.9 Å². The van der Waals surface area contributed by atoms with Gasteiger partial charge < -0.3 is 5.32 Å². The maximum Gasteiger partial charge on any atom is 0.300 e. The van der Waals surface area contributed by atoms with E-state index in [0.29, 0.717) is 22.4 Å². The van der Waals surface area contributed by atoms with E-state index in [4.69, 9.17) is 11.6 Å². The van der Waals surface area contributed by atoms with Crippen LogP contribution in [0.25, 0.3) is 11.3 Å². The molecule has 0 unspecified atom stereocenters. The monoisotopic (exact) mass is 443 g/mol. The van der Waals surface area contributed by atoms with E-state index in [2.05, 4.69) is 15.5 Å². The molecule has 0 aliphatic heterocycles. The van der Waals surface area contributed by atoms with Crippen molar-refractivity contribution in [2.24, 2.45) is 0 Å². The van der Waals surface area contributed by atoms with Crippen molar-refractivity contribution in [3.8, 4) is 5.69 Å². The third-order valence-electron chi connectivity index (χ3n) is 4.26. The molecule has 0 saturated carbocycles. The number of benzene rings is 2. The molecule has 10 heteroatoms. The van der Waals surface area contributed by atoms with E-state index in [0.717, 1.165) is 17.3 Å². The summed E-state index contributed by atoms with van der Waals surface area (Å²) in [5.74, 6) is -0.511. The number of fused-ring (bicyclic) bond motifs is 1. The van der Waals surface area contributed by atoms with Crippen molar-refractivity contribution in [1.82, 2.24) is 24.5 Å². The third kappa shape index (κ3) is 4.37. The van der Waals surface area contributed by atoms with Crippen LogP contribution in [-0.2, 0) is 11.3 Å². The number of aromatic nitrogens is 4. The van der Waals surface area contributed by atoms with Gasteiger partial charge in [-0.25, -0.2) is 4.39 Å². The highest BCUT2D eigenvalue weighted by molar-refractivity contribution is 7.99. The SMILES string of the molecule is O=C(CSc1nnc2c(=O)n(-c3cccc(F)c3)ccn12)NCc1ccc(Cl)cc1. The van der Waals surface area contributed by atoms with Gasteiger partial charge in [0.05, 0.1) is 11.4 Å². The number of hydrogen-bond donors (Lipinski definition) is 1. The number of carbonyl (C=O) groups excluding carboxylic acids is 1. The van der Waals surface area contributed by atoms with Gasteiger partial charge in [0.1, 0.15) is 5.82 Å². The largest absolute Gasteiger partial charge is 0.351 e. The summed E-state index contributed by atoms with van der Waals surface area (Å²) >= 11 is 7.01. The lowest BCUT2D eigenvalue weighted by molar-refractivity contribution is -0.118. The fraction of sp³-hybridized carbons (Fsp3) is 0.100. The van der Waals surface area contributed by atoms with Gasteiger partial charge in [0.25, 0.3) is 0 Å². The molecule has 0 spiro atoms. The predicted molar refractivity (Wildman–Crippen MR) is 113 cm³/mol. The zero-order valence-corrected chi connectivity index (χ0v) is 17.0. The Morgan fingerprint density at radius 3 is 2.70 bits per heavy atom. The molecule has 0 aliphatic rings. The Labute approximate surface area is 179 Å². The fourth-order valence-corrected chi connectivity index (χ4v) is 3.65. The zero-order chi connectivity index (χ0) is 21.1. The number of hydrogen-bond acceptors (Lipinski definition) is 5. The molecule has 0 atom stereocenters. The number of carbonyl (C=O) groups is 1. The van der Waals surface area contributed by atoms with Crippen molar-refractivity contribution >= 4 is 34.9 Å². The molecule has 2 aromatic heterocycles. The average molecular weight is 444 g/mol. The van der Waals surface area contributed by atoms with Crippen LogP contribution in [-0.4, -0.2) is 30.8 Å². The van der Waals surface area contributed by atoms with Gasteiger partial charge in [0, 0.05) is 24.0 Å². The summed E-state index contributed by atoms with van der Waals surface area (Å²) in [4.78, 5) is 24.8. The molecule has 0 radical (unpaired) electrons. The highest BCUT2D eigenvalue weighted by Gasteiger charge is 2.13. The molecule has 0 bridgehead atoms. The standard InChI is InChI=1S/C20H15ClFN5O2S/c21-14-6-4-13(5-7-14)11-23-17(28)12-30-20-25-24-18-19(29)26(8-9-27(18)20)16-3-1-2-15(22)10-16/h1-10H,11-12H2,(H,23,28). The van der Waals surface area contributed by atoms with Crippen LogP contribution >= 0.6 is 23.4 Å². The Kier molecular flexibility index (Phi) is 5.82. The first-order chi connectivity index (χ1) is 14.5. The van der Waals surface area contributed by atoms with Gasteiger partial charge in [0.15, 0.2) is 5.16 Å². The number of rotatable bonds is 6. The minimum Gasteiger partial charge on any atom is -0.351 e. The van der Waals surface area contributed by atoms with E-state index in [-0.39, 0.29) is 17.3 Å². The maximum absolute atomic E-state index is 13.5. The van der Waals surface area contributed by atoms with Crippen molar-refractivity contribution < 1.29 is 9.18 Å². The molecular weight excluding hydrogens is 429 g/mol. The lowest BCUT2D eigenvalue weighted by Gasteiger charge is -2.07. The molecule has 30 heavy (non-hydrogen) atoms. The Hall–Kier alpha value is -3.17. The Morgan fingerprint density at radius 1 is 1.13 bits per heavy atom. The summed E-state index contributed by atoms with van der Waals surface area (Å²) in [5.41, 5.74) is 0.977. The molecule has 152 valence electrons. The summed E-state index contributed by atoms with van der Waals surface area (Å²) in [5, 5.41) is 11.8. The van der Waals surface area contributed by atoms with Gasteiger partial charge in [-0.1, -0.05) is 41.6 Å². The highest BCUT2D eigenvalue weighted by Crippen LogP contribution is 2.16. The first-order valence-electron chi connectivity index (χ1n) is 8.87. The fourth-order valence-electron chi connectivity index (χ4n) is 2.78. The van der Waals surface area contributed by atoms with Gasteiger partial charge in [0.2, 0.25) is 11.6 Å². The molecule has 1 N–H and O–H groups in total. The quantitative estimate of drug-likeness (QED) is 0.463. The molecular formula is C20H15ClFN5O2S. The molecule has 0 aliphatic carbocycles. The van der Waals surface area contributed by atoms with Crippen molar-refractivity contribution in [1.29, 1.82) is 0 Å². The van der Waals surface area contributed by atoms with Crippen LogP contribution in [0.3, 0.4) is 0 Å². The maximum atomic E-state index is 13.5. The smallest absolute Gasteiger partial charge is 0.300 e. The van der Waals surface area contributed by atoms with E-state index >= 15 is 0 Å². The number of thioether (sulfide) groups is 1. The van der Waals surface area contributed by atoms with E-state index < -0.39 is 11.4 Å². The second-order valence-corrected chi connectivity index (χ2v) is 7.70. The first kappa shape index (κ1) is 20.1.